The topological polar surface area (TPSA) is 116 Å². The van der Waals surface area contributed by atoms with Crippen LogP contribution >= 0.6 is 0 Å². The molecular formula is C18H24O9. The number of hydrogen-bond donors (Lipinski definition) is 1. The van der Waals surface area contributed by atoms with Crippen molar-refractivity contribution in [2.75, 3.05) is 26.4 Å². The summed E-state index contributed by atoms with van der Waals surface area (Å²) in [4.78, 5) is 24.3. The molecule has 9 nitrogen and oxygen atoms in total. The third-order valence-electron chi connectivity index (χ3n) is 6.12. The van der Waals surface area contributed by atoms with Crippen LogP contribution in [0.4, 0.5) is 9.59 Å². The molecule has 4 atom stereocenters. The molecule has 2 heterocycles. The highest BCUT2D eigenvalue weighted by Crippen LogP contribution is 2.61. The van der Waals surface area contributed by atoms with Gasteiger partial charge in [0.05, 0.1) is 18.8 Å². The highest BCUT2D eigenvalue weighted by atomic mass is 16.8. The normalized spacial score (nSPS) is 45.9. The molecular weight excluding hydrogens is 360 g/mol. The molecule has 4 saturated carbocycles. The molecule has 6 aliphatic rings. The van der Waals surface area contributed by atoms with Gasteiger partial charge in [-0.15, -0.1) is 0 Å². The second-order valence-corrected chi connectivity index (χ2v) is 8.84. The van der Waals surface area contributed by atoms with E-state index in [0.717, 1.165) is 0 Å². The van der Waals surface area contributed by atoms with Crippen molar-refractivity contribution >= 4 is 12.3 Å². The van der Waals surface area contributed by atoms with Crippen LogP contribution in [0.1, 0.15) is 38.5 Å². The van der Waals surface area contributed by atoms with Crippen LogP contribution in [0.3, 0.4) is 0 Å². The van der Waals surface area contributed by atoms with Gasteiger partial charge in [-0.1, -0.05) is 0 Å². The SMILES string of the molecule is O=C(OCC1CO1)OC12CC3CC(O)(C1)CC(OC(=O)OCC1CO1)(C3)C2. The van der Waals surface area contributed by atoms with E-state index < -0.39 is 29.1 Å². The van der Waals surface area contributed by atoms with E-state index in [1.54, 1.807) is 0 Å². The van der Waals surface area contributed by atoms with Gasteiger partial charge in [-0.05, 0) is 25.2 Å². The largest absolute Gasteiger partial charge is 0.508 e. The Bertz CT molecular complexity index is 595. The first-order chi connectivity index (χ1) is 12.9. The number of epoxide rings is 2. The number of hydrogen-bond acceptors (Lipinski definition) is 9. The molecule has 0 aromatic rings. The van der Waals surface area contributed by atoms with Crippen molar-refractivity contribution in [1.82, 2.24) is 0 Å². The van der Waals surface area contributed by atoms with Crippen LogP contribution in [0.25, 0.3) is 0 Å². The summed E-state index contributed by atoms with van der Waals surface area (Å²) in [5.74, 6) is 0.116. The van der Waals surface area contributed by atoms with Gasteiger partial charge in [0.2, 0.25) is 0 Å². The van der Waals surface area contributed by atoms with Gasteiger partial charge in [-0.3, -0.25) is 0 Å². The van der Waals surface area contributed by atoms with E-state index >= 15 is 0 Å². The van der Waals surface area contributed by atoms with Crippen molar-refractivity contribution in [1.29, 1.82) is 0 Å². The molecule has 4 bridgehead atoms. The van der Waals surface area contributed by atoms with Crippen molar-refractivity contribution in [3.05, 3.63) is 0 Å². The lowest BCUT2D eigenvalue weighted by molar-refractivity contribution is -0.258. The molecule has 4 unspecified atom stereocenters. The Hall–Kier alpha value is -1.58. The monoisotopic (exact) mass is 384 g/mol. The number of rotatable bonds is 6. The number of ether oxygens (including phenoxy) is 6. The third kappa shape index (κ3) is 3.72. The maximum Gasteiger partial charge on any atom is 0.508 e. The zero-order valence-electron chi connectivity index (χ0n) is 15.0. The number of carbonyl (C=O) groups excluding carboxylic acids is 2. The van der Waals surface area contributed by atoms with Crippen molar-refractivity contribution in [3.8, 4) is 0 Å². The molecule has 9 heteroatoms. The second kappa shape index (κ2) is 5.96. The van der Waals surface area contributed by atoms with Crippen molar-refractivity contribution < 1.29 is 43.1 Å². The van der Waals surface area contributed by atoms with Gasteiger partial charge < -0.3 is 33.5 Å². The fourth-order valence-electron chi connectivity index (χ4n) is 5.50. The van der Waals surface area contributed by atoms with E-state index in [4.69, 9.17) is 28.4 Å². The smallest absolute Gasteiger partial charge is 0.431 e. The predicted molar refractivity (Wildman–Crippen MR) is 85.9 cm³/mol. The zero-order chi connectivity index (χ0) is 18.7. The molecule has 4 aliphatic carbocycles. The van der Waals surface area contributed by atoms with Crippen molar-refractivity contribution in [2.24, 2.45) is 5.92 Å². The molecule has 6 rings (SSSR count). The molecule has 0 aromatic carbocycles. The van der Waals surface area contributed by atoms with Gasteiger partial charge in [0.25, 0.3) is 0 Å². The molecule has 2 saturated heterocycles. The van der Waals surface area contributed by atoms with Crippen molar-refractivity contribution in [2.45, 2.75) is 67.5 Å². The Kier molecular flexibility index (Phi) is 3.86. The van der Waals surface area contributed by atoms with Gasteiger partial charge >= 0.3 is 12.3 Å². The van der Waals surface area contributed by atoms with Crippen LogP contribution in [0.2, 0.25) is 0 Å². The maximum atomic E-state index is 12.1. The quantitative estimate of drug-likeness (QED) is 0.534. The lowest BCUT2D eigenvalue weighted by Crippen LogP contribution is -2.68. The summed E-state index contributed by atoms with van der Waals surface area (Å²) in [6.07, 6.45) is 1.31. The number of carbonyl (C=O) groups is 2. The lowest BCUT2D eigenvalue weighted by Gasteiger charge is -2.62. The summed E-state index contributed by atoms with van der Waals surface area (Å²) in [6, 6.07) is 0. The van der Waals surface area contributed by atoms with Crippen molar-refractivity contribution in [3.63, 3.8) is 0 Å². The molecule has 6 fully saturated rings. The average molecular weight is 384 g/mol. The summed E-state index contributed by atoms with van der Waals surface area (Å²) < 4.78 is 31.6. The molecule has 0 amide bonds. The Labute approximate surface area is 156 Å². The van der Waals surface area contributed by atoms with Gasteiger partial charge in [0.1, 0.15) is 36.6 Å². The maximum absolute atomic E-state index is 12.1. The Morgan fingerprint density at radius 1 is 0.852 bits per heavy atom. The van der Waals surface area contributed by atoms with Crippen LogP contribution < -0.4 is 0 Å². The second-order valence-electron chi connectivity index (χ2n) is 8.84. The molecule has 0 spiro atoms. The van der Waals surface area contributed by atoms with E-state index in [9.17, 15) is 14.7 Å². The molecule has 150 valence electrons. The van der Waals surface area contributed by atoms with Gasteiger partial charge in [0, 0.05) is 19.3 Å². The van der Waals surface area contributed by atoms with E-state index in [0.29, 0.717) is 51.7 Å². The van der Waals surface area contributed by atoms with Gasteiger partial charge in [-0.25, -0.2) is 9.59 Å². The first-order valence-corrected chi connectivity index (χ1v) is 9.52. The summed E-state index contributed by atoms with van der Waals surface area (Å²) in [5.41, 5.74) is -2.77. The predicted octanol–water partition coefficient (Wildman–Crippen LogP) is 1.30. The van der Waals surface area contributed by atoms with Crippen LogP contribution in [0.15, 0.2) is 0 Å². The van der Waals surface area contributed by atoms with Gasteiger partial charge in [-0.2, -0.15) is 0 Å². The lowest BCUT2D eigenvalue weighted by atomic mass is 9.50. The van der Waals surface area contributed by atoms with Gasteiger partial charge in [0.15, 0.2) is 0 Å². The van der Waals surface area contributed by atoms with Crippen LogP contribution in [0, 0.1) is 5.92 Å². The molecule has 27 heavy (non-hydrogen) atoms. The minimum Gasteiger partial charge on any atom is -0.431 e. The Balaban J connectivity index is 1.27. The summed E-state index contributed by atoms with van der Waals surface area (Å²) in [7, 11) is 0. The molecule has 0 radical (unpaired) electrons. The third-order valence-corrected chi connectivity index (χ3v) is 6.12. The minimum absolute atomic E-state index is 0.0435. The summed E-state index contributed by atoms with van der Waals surface area (Å²) >= 11 is 0. The van der Waals surface area contributed by atoms with E-state index in [1.165, 1.54) is 0 Å². The minimum atomic E-state index is -1.01. The standard InChI is InChI=1S/C18H24O9/c19-14(24-6-12-4-22-12)26-17-2-11-1-16(21,8-17)9-18(3-11,10-17)27-15(20)25-7-13-5-23-13/h11-13,21H,1-10H2. The van der Waals surface area contributed by atoms with Crippen LogP contribution in [0.5, 0.6) is 0 Å². The fourth-order valence-corrected chi connectivity index (χ4v) is 5.50. The Morgan fingerprint density at radius 3 is 1.74 bits per heavy atom. The molecule has 1 N–H and O–H groups in total. The van der Waals surface area contributed by atoms with E-state index in [2.05, 4.69) is 0 Å². The summed E-state index contributed by atoms with van der Waals surface area (Å²) in [6.45, 7) is 1.51. The zero-order valence-corrected chi connectivity index (χ0v) is 15.0. The first kappa shape index (κ1) is 17.5. The number of aliphatic hydroxyl groups is 1. The van der Waals surface area contributed by atoms with E-state index in [1.807, 2.05) is 0 Å². The molecule has 2 aliphatic heterocycles. The molecule has 0 aromatic heterocycles. The van der Waals surface area contributed by atoms with E-state index in [-0.39, 0.29) is 31.3 Å². The van der Waals surface area contributed by atoms with Crippen LogP contribution in [-0.2, 0) is 28.4 Å². The highest BCUT2D eigenvalue weighted by molar-refractivity contribution is 5.62. The average Bonchev–Trinajstić information content (AvgIpc) is 3.42. The Morgan fingerprint density at radius 2 is 1.33 bits per heavy atom. The fraction of sp³-hybridized carbons (Fsp3) is 0.889. The first-order valence-electron chi connectivity index (χ1n) is 9.52. The summed E-state index contributed by atoms with van der Waals surface area (Å²) in [5, 5.41) is 11.0. The highest BCUT2D eigenvalue weighted by Gasteiger charge is 2.67. The van der Waals surface area contributed by atoms with Crippen LogP contribution in [-0.4, -0.2) is 72.9 Å².